The first kappa shape index (κ1) is 23.8. The number of methoxy groups -OCH3 is 2. The zero-order valence-electron chi connectivity index (χ0n) is 18.5. The highest BCUT2D eigenvalue weighted by atomic mass is 32.2. The van der Waals surface area contributed by atoms with Crippen molar-refractivity contribution in [3.63, 3.8) is 0 Å². The summed E-state index contributed by atoms with van der Waals surface area (Å²) < 4.78 is 42.6. The molecule has 1 atom stereocenters. The predicted octanol–water partition coefficient (Wildman–Crippen LogP) is 2.29. The molecule has 2 aromatic carbocycles. The van der Waals surface area contributed by atoms with Crippen molar-refractivity contribution >= 4 is 16.1 Å². The molecule has 0 aliphatic carbocycles. The van der Waals surface area contributed by atoms with Gasteiger partial charge in [-0.3, -0.25) is 0 Å². The van der Waals surface area contributed by atoms with E-state index in [0.29, 0.717) is 37.8 Å². The standard InChI is InChI=1S/C22H29N3O6S/c1-16(20-9-6-18(29-2)14-21(20)30-3)24-22(26)23-15-17-4-7-19(8-5-17)32(27,28)25-10-12-31-13-11-25/h4-9,14,16H,10-13,15H2,1-3H3,(H2,23,24,26). The fourth-order valence-corrected chi connectivity index (χ4v) is 4.81. The van der Waals surface area contributed by atoms with Crippen molar-refractivity contribution < 1.29 is 27.4 Å². The third kappa shape index (κ3) is 5.70. The van der Waals surface area contributed by atoms with Crippen molar-refractivity contribution in [2.75, 3.05) is 40.5 Å². The van der Waals surface area contributed by atoms with Crippen molar-refractivity contribution in [1.29, 1.82) is 0 Å². The maximum Gasteiger partial charge on any atom is 0.315 e. The number of rotatable bonds is 8. The molecule has 0 bridgehead atoms. The van der Waals surface area contributed by atoms with Crippen molar-refractivity contribution in [2.24, 2.45) is 0 Å². The average Bonchev–Trinajstić information content (AvgIpc) is 2.83. The molecule has 3 rings (SSSR count). The van der Waals surface area contributed by atoms with Gasteiger partial charge in [-0.1, -0.05) is 12.1 Å². The van der Waals surface area contributed by atoms with E-state index in [1.165, 1.54) is 4.31 Å². The lowest BCUT2D eigenvalue weighted by atomic mass is 10.1. The van der Waals surface area contributed by atoms with E-state index in [1.54, 1.807) is 50.6 Å². The van der Waals surface area contributed by atoms with E-state index in [0.717, 1.165) is 11.1 Å². The van der Waals surface area contributed by atoms with Crippen LogP contribution in [-0.2, 0) is 21.3 Å². The number of sulfonamides is 1. The topological polar surface area (TPSA) is 106 Å². The van der Waals surface area contributed by atoms with E-state index in [4.69, 9.17) is 14.2 Å². The van der Waals surface area contributed by atoms with Crippen molar-refractivity contribution in [3.05, 3.63) is 53.6 Å². The minimum absolute atomic E-state index is 0.229. The number of nitrogens with zero attached hydrogens (tertiary/aromatic N) is 1. The highest BCUT2D eigenvalue weighted by Crippen LogP contribution is 2.29. The van der Waals surface area contributed by atoms with Gasteiger partial charge in [0.15, 0.2) is 0 Å². The molecule has 1 fully saturated rings. The number of benzene rings is 2. The van der Waals surface area contributed by atoms with Crippen LogP contribution in [0.25, 0.3) is 0 Å². The predicted molar refractivity (Wildman–Crippen MR) is 119 cm³/mol. The first-order valence-electron chi connectivity index (χ1n) is 10.3. The van der Waals surface area contributed by atoms with Crippen LogP contribution in [0.2, 0.25) is 0 Å². The molecule has 1 aliphatic rings. The van der Waals surface area contributed by atoms with E-state index < -0.39 is 10.0 Å². The Morgan fingerprint density at radius 2 is 1.78 bits per heavy atom. The van der Waals surface area contributed by atoms with Gasteiger partial charge in [-0.15, -0.1) is 0 Å². The molecule has 0 radical (unpaired) electrons. The zero-order chi connectivity index (χ0) is 23.1. The van der Waals surface area contributed by atoms with E-state index in [2.05, 4.69) is 10.6 Å². The molecule has 9 nitrogen and oxygen atoms in total. The second-order valence-electron chi connectivity index (χ2n) is 7.32. The molecule has 32 heavy (non-hydrogen) atoms. The number of hydrogen-bond acceptors (Lipinski definition) is 6. The summed E-state index contributed by atoms with van der Waals surface area (Å²) in [4.78, 5) is 12.6. The van der Waals surface area contributed by atoms with E-state index >= 15 is 0 Å². The summed E-state index contributed by atoms with van der Waals surface area (Å²) >= 11 is 0. The largest absolute Gasteiger partial charge is 0.497 e. The van der Waals surface area contributed by atoms with E-state index in [-0.39, 0.29) is 23.5 Å². The Hall–Kier alpha value is -2.82. The van der Waals surface area contributed by atoms with Crippen LogP contribution in [0.15, 0.2) is 47.4 Å². The Labute approximate surface area is 188 Å². The number of nitrogens with one attached hydrogen (secondary N) is 2. The third-order valence-corrected chi connectivity index (χ3v) is 7.15. The Morgan fingerprint density at radius 3 is 2.41 bits per heavy atom. The second-order valence-corrected chi connectivity index (χ2v) is 9.25. The molecule has 0 saturated carbocycles. The summed E-state index contributed by atoms with van der Waals surface area (Å²) in [5.41, 5.74) is 1.61. The lowest BCUT2D eigenvalue weighted by molar-refractivity contribution is 0.0730. The second kappa shape index (κ2) is 10.7. The van der Waals surface area contributed by atoms with Crippen LogP contribution in [-0.4, -0.2) is 59.3 Å². The number of carbonyl (C=O) groups excluding carboxylic acids is 1. The van der Waals surface area contributed by atoms with Crippen molar-refractivity contribution in [1.82, 2.24) is 14.9 Å². The summed E-state index contributed by atoms with van der Waals surface area (Å²) in [5, 5.41) is 5.66. The van der Waals surface area contributed by atoms with Crippen molar-refractivity contribution in [2.45, 2.75) is 24.4 Å². The molecular weight excluding hydrogens is 434 g/mol. The highest BCUT2D eigenvalue weighted by molar-refractivity contribution is 7.89. The van der Waals surface area contributed by atoms with Gasteiger partial charge in [0.1, 0.15) is 11.5 Å². The van der Waals surface area contributed by atoms with Gasteiger partial charge in [0.2, 0.25) is 10.0 Å². The van der Waals surface area contributed by atoms with Crippen LogP contribution in [0.3, 0.4) is 0 Å². The summed E-state index contributed by atoms with van der Waals surface area (Å²) in [5.74, 6) is 1.29. The van der Waals surface area contributed by atoms with Gasteiger partial charge in [0, 0.05) is 31.3 Å². The third-order valence-electron chi connectivity index (χ3n) is 5.24. The highest BCUT2D eigenvalue weighted by Gasteiger charge is 2.26. The molecule has 1 aliphatic heterocycles. The minimum Gasteiger partial charge on any atom is -0.497 e. The van der Waals surface area contributed by atoms with E-state index in [9.17, 15) is 13.2 Å². The molecule has 1 unspecified atom stereocenters. The molecule has 10 heteroatoms. The smallest absolute Gasteiger partial charge is 0.315 e. The van der Waals surface area contributed by atoms with Gasteiger partial charge in [0.25, 0.3) is 0 Å². The molecule has 1 heterocycles. The molecule has 1 saturated heterocycles. The number of morpholine rings is 1. The van der Waals surface area contributed by atoms with Gasteiger partial charge >= 0.3 is 6.03 Å². The molecule has 2 amide bonds. The van der Waals surface area contributed by atoms with Gasteiger partial charge in [0.05, 0.1) is 38.4 Å². The number of hydrogen-bond donors (Lipinski definition) is 2. The van der Waals surface area contributed by atoms with Crippen LogP contribution < -0.4 is 20.1 Å². The monoisotopic (exact) mass is 463 g/mol. The number of urea groups is 1. The number of ether oxygens (including phenoxy) is 3. The van der Waals surface area contributed by atoms with Gasteiger partial charge in [-0.2, -0.15) is 4.31 Å². The van der Waals surface area contributed by atoms with Gasteiger partial charge in [-0.25, -0.2) is 13.2 Å². The SMILES string of the molecule is COc1ccc(C(C)NC(=O)NCc2ccc(S(=O)(=O)N3CCOCC3)cc2)c(OC)c1. The fraction of sp³-hybridized carbons (Fsp3) is 0.409. The Bertz CT molecular complexity index is 1020. The van der Waals surface area contributed by atoms with Crippen LogP contribution in [0.5, 0.6) is 11.5 Å². The minimum atomic E-state index is -3.54. The van der Waals surface area contributed by atoms with Gasteiger partial charge < -0.3 is 24.8 Å². The lowest BCUT2D eigenvalue weighted by Gasteiger charge is -2.26. The first-order chi connectivity index (χ1) is 15.3. The zero-order valence-corrected chi connectivity index (χ0v) is 19.3. The number of carbonyl (C=O) groups is 1. The first-order valence-corrected chi connectivity index (χ1v) is 11.7. The molecule has 2 aromatic rings. The van der Waals surface area contributed by atoms with Crippen LogP contribution in [0.1, 0.15) is 24.1 Å². The van der Waals surface area contributed by atoms with Crippen molar-refractivity contribution in [3.8, 4) is 11.5 Å². The molecular formula is C22H29N3O6S. The summed E-state index contributed by atoms with van der Waals surface area (Å²) in [6.07, 6.45) is 0. The molecule has 174 valence electrons. The Morgan fingerprint density at radius 1 is 1.09 bits per heavy atom. The molecule has 0 aromatic heterocycles. The summed E-state index contributed by atoms with van der Waals surface area (Å²) in [6, 6.07) is 11.3. The summed E-state index contributed by atoms with van der Waals surface area (Å²) in [7, 11) is -0.394. The Balaban J connectivity index is 1.56. The quantitative estimate of drug-likeness (QED) is 0.622. The Kier molecular flexibility index (Phi) is 7.94. The average molecular weight is 464 g/mol. The lowest BCUT2D eigenvalue weighted by Crippen LogP contribution is -2.40. The normalized spacial score (nSPS) is 15.6. The van der Waals surface area contributed by atoms with Crippen LogP contribution in [0, 0.1) is 0 Å². The van der Waals surface area contributed by atoms with E-state index in [1.807, 2.05) is 13.0 Å². The molecule has 0 spiro atoms. The van der Waals surface area contributed by atoms with Crippen LogP contribution >= 0.6 is 0 Å². The van der Waals surface area contributed by atoms with Gasteiger partial charge in [-0.05, 0) is 36.8 Å². The molecule has 2 N–H and O–H groups in total. The fourth-order valence-electron chi connectivity index (χ4n) is 3.40. The summed E-state index contributed by atoms with van der Waals surface area (Å²) in [6.45, 7) is 3.62. The maximum atomic E-state index is 12.7. The maximum absolute atomic E-state index is 12.7. The number of amides is 2. The van der Waals surface area contributed by atoms with Crippen LogP contribution in [0.4, 0.5) is 4.79 Å².